The minimum absolute atomic E-state index is 0.0908. The third-order valence-corrected chi connectivity index (χ3v) is 5.48. The minimum Gasteiger partial charge on any atom is -0.496 e. The Labute approximate surface area is 161 Å². The van der Waals surface area contributed by atoms with Crippen molar-refractivity contribution >= 4 is 17.6 Å². The summed E-state index contributed by atoms with van der Waals surface area (Å²) in [6.07, 6.45) is 5.78. The lowest BCUT2D eigenvalue weighted by molar-refractivity contribution is 0.0960. The number of nitrogens with zero attached hydrogens (tertiary/aromatic N) is 2. The van der Waals surface area contributed by atoms with Crippen molar-refractivity contribution in [1.29, 1.82) is 0 Å². The van der Waals surface area contributed by atoms with Gasteiger partial charge in [0.2, 0.25) is 0 Å². The quantitative estimate of drug-likeness (QED) is 0.831. The first-order valence-electron chi connectivity index (χ1n) is 9.82. The summed E-state index contributed by atoms with van der Waals surface area (Å²) in [7, 11) is 3.10. The SMILES string of the molecule is CNC(=O)c1cc(NC(=O)N2CCCC[C@@H]2CN2CCCC2)ccc1OC. The van der Waals surface area contributed by atoms with Crippen molar-refractivity contribution in [1.82, 2.24) is 15.1 Å². The van der Waals surface area contributed by atoms with Crippen molar-refractivity contribution in [3.05, 3.63) is 23.8 Å². The van der Waals surface area contributed by atoms with Gasteiger partial charge >= 0.3 is 6.03 Å². The zero-order chi connectivity index (χ0) is 19.2. The van der Waals surface area contributed by atoms with Gasteiger partial charge < -0.3 is 25.2 Å². The Bertz CT molecular complexity index is 673. The second-order valence-corrected chi connectivity index (χ2v) is 7.28. The molecule has 3 amide bonds. The molecule has 0 bridgehead atoms. The Balaban J connectivity index is 1.70. The van der Waals surface area contributed by atoms with E-state index in [2.05, 4.69) is 15.5 Å². The van der Waals surface area contributed by atoms with Crippen LogP contribution in [0.15, 0.2) is 18.2 Å². The maximum atomic E-state index is 12.9. The Morgan fingerprint density at radius 1 is 1.15 bits per heavy atom. The van der Waals surface area contributed by atoms with Crippen LogP contribution in [0.3, 0.4) is 0 Å². The van der Waals surface area contributed by atoms with E-state index < -0.39 is 0 Å². The number of likely N-dealkylation sites (tertiary alicyclic amines) is 2. The monoisotopic (exact) mass is 374 g/mol. The number of hydrogen-bond donors (Lipinski definition) is 2. The molecule has 2 aliphatic heterocycles. The summed E-state index contributed by atoms with van der Waals surface area (Å²) in [4.78, 5) is 29.4. The Morgan fingerprint density at radius 2 is 1.89 bits per heavy atom. The molecule has 2 N–H and O–H groups in total. The number of carbonyl (C=O) groups is 2. The minimum atomic E-state index is -0.243. The number of urea groups is 1. The molecule has 2 fully saturated rings. The van der Waals surface area contributed by atoms with Crippen molar-refractivity contribution in [2.75, 3.05) is 45.7 Å². The van der Waals surface area contributed by atoms with Gasteiger partial charge in [0.1, 0.15) is 5.75 Å². The summed E-state index contributed by atoms with van der Waals surface area (Å²) in [5.41, 5.74) is 1.01. The standard InChI is InChI=1S/C20H30N4O3/c1-21-19(25)17-13-15(8-9-18(17)27-2)22-20(26)24-12-4-3-7-16(24)14-23-10-5-6-11-23/h8-9,13,16H,3-7,10-12,14H2,1-2H3,(H,21,25)(H,22,26)/t16-/m1/s1. The number of rotatable bonds is 5. The van der Waals surface area contributed by atoms with E-state index in [1.54, 1.807) is 25.2 Å². The molecule has 0 unspecified atom stereocenters. The second kappa shape index (κ2) is 9.08. The van der Waals surface area contributed by atoms with Crippen LogP contribution < -0.4 is 15.4 Å². The number of anilines is 1. The number of nitrogens with one attached hydrogen (secondary N) is 2. The van der Waals surface area contributed by atoms with Crippen LogP contribution in [0, 0.1) is 0 Å². The molecule has 1 aromatic rings. The average Bonchev–Trinajstić information content (AvgIpc) is 3.20. The van der Waals surface area contributed by atoms with Gasteiger partial charge in [-0.1, -0.05) is 0 Å². The second-order valence-electron chi connectivity index (χ2n) is 7.28. The third-order valence-electron chi connectivity index (χ3n) is 5.48. The van der Waals surface area contributed by atoms with Crippen molar-refractivity contribution in [3.8, 4) is 5.75 Å². The lowest BCUT2D eigenvalue weighted by atomic mass is 10.0. The normalized spacial score (nSPS) is 20.4. The van der Waals surface area contributed by atoms with Crippen LogP contribution in [0.4, 0.5) is 10.5 Å². The molecular formula is C20H30N4O3. The summed E-state index contributed by atoms with van der Waals surface area (Å²) in [6, 6.07) is 5.30. The molecule has 7 nitrogen and oxygen atoms in total. The molecule has 0 spiro atoms. The average molecular weight is 374 g/mol. The highest BCUT2D eigenvalue weighted by atomic mass is 16.5. The number of amides is 3. The van der Waals surface area contributed by atoms with Crippen LogP contribution in [-0.2, 0) is 0 Å². The van der Waals surface area contributed by atoms with Crippen LogP contribution >= 0.6 is 0 Å². The highest BCUT2D eigenvalue weighted by Gasteiger charge is 2.29. The molecule has 2 saturated heterocycles. The number of piperidine rings is 1. The molecule has 0 aliphatic carbocycles. The van der Waals surface area contributed by atoms with Gasteiger partial charge in [0.05, 0.1) is 12.7 Å². The van der Waals surface area contributed by atoms with Gasteiger partial charge in [-0.3, -0.25) is 4.79 Å². The van der Waals surface area contributed by atoms with E-state index in [0.29, 0.717) is 17.0 Å². The molecule has 3 rings (SSSR count). The Morgan fingerprint density at radius 3 is 2.59 bits per heavy atom. The van der Waals surface area contributed by atoms with Gasteiger partial charge in [0.15, 0.2) is 0 Å². The van der Waals surface area contributed by atoms with Crippen molar-refractivity contribution in [2.45, 2.75) is 38.1 Å². The molecule has 0 radical (unpaired) electrons. The highest BCUT2D eigenvalue weighted by Crippen LogP contribution is 2.25. The highest BCUT2D eigenvalue weighted by molar-refractivity contribution is 5.99. The van der Waals surface area contributed by atoms with Crippen LogP contribution in [0.2, 0.25) is 0 Å². The van der Waals surface area contributed by atoms with Crippen LogP contribution in [0.1, 0.15) is 42.5 Å². The summed E-state index contributed by atoms with van der Waals surface area (Å²) in [5, 5.41) is 5.57. The first-order valence-corrected chi connectivity index (χ1v) is 9.82. The van der Waals surface area contributed by atoms with E-state index >= 15 is 0 Å². The van der Waals surface area contributed by atoms with Crippen molar-refractivity contribution in [2.24, 2.45) is 0 Å². The summed E-state index contributed by atoms with van der Waals surface area (Å²) >= 11 is 0. The Kier molecular flexibility index (Phi) is 6.55. The predicted octanol–water partition coefficient (Wildman–Crippen LogP) is 2.54. The smallest absolute Gasteiger partial charge is 0.322 e. The fourth-order valence-corrected chi connectivity index (χ4v) is 4.01. The molecule has 7 heteroatoms. The van der Waals surface area contributed by atoms with Crippen LogP contribution in [0.5, 0.6) is 5.75 Å². The predicted molar refractivity (Wildman–Crippen MR) is 105 cm³/mol. The molecule has 2 aliphatic rings. The van der Waals surface area contributed by atoms with E-state index in [1.165, 1.54) is 26.4 Å². The first-order chi connectivity index (χ1) is 13.1. The summed E-state index contributed by atoms with van der Waals surface area (Å²) in [6.45, 7) is 4.02. The molecule has 0 aromatic heterocycles. The molecule has 2 heterocycles. The molecule has 148 valence electrons. The molecule has 27 heavy (non-hydrogen) atoms. The van der Waals surface area contributed by atoms with Gasteiger partial charge in [-0.2, -0.15) is 0 Å². The van der Waals surface area contributed by atoms with Gasteiger partial charge in [0.25, 0.3) is 5.91 Å². The third kappa shape index (κ3) is 4.71. The van der Waals surface area contributed by atoms with Crippen molar-refractivity contribution < 1.29 is 14.3 Å². The molecule has 0 saturated carbocycles. The molecule has 1 aromatic carbocycles. The van der Waals surface area contributed by atoms with Gasteiger partial charge in [-0.05, 0) is 63.4 Å². The van der Waals surface area contributed by atoms with E-state index in [4.69, 9.17) is 4.74 Å². The summed E-state index contributed by atoms with van der Waals surface area (Å²) in [5.74, 6) is 0.241. The van der Waals surface area contributed by atoms with Gasteiger partial charge in [-0.15, -0.1) is 0 Å². The van der Waals surface area contributed by atoms with Crippen LogP contribution in [-0.4, -0.2) is 68.1 Å². The fraction of sp³-hybridized carbons (Fsp3) is 0.600. The number of methoxy groups -OCH3 is 1. The first kappa shape index (κ1) is 19.5. The number of benzene rings is 1. The number of carbonyl (C=O) groups excluding carboxylic acids is 2. The van der Waals surface area contributed by atoms with Gasteiger partial charge in [0, 0.05) is 31.9 Å². The van der Waals surface area contributed by atoms with E-state index in [-0.39, 0.29) is 18.0 Å². The zero-order valence-corrected chi connectivity index (χ0v) is 16.3. The van der Waals surface area contributed by atoms with E-state index in [0.717, 1.165) is 39.0 Å². The zero-order valence-electron chi connectivity index (χ0n) is 16.3. The topological polar surface area (TPSA) is 73.9 Å². The summed E-state index contributed by atoms with van der Waals surface area (Å²) < 4.78 is 5.25. The largest absolute Gasteiger partial charge is 0.496 e. The maximum absolute atomic E-state index is 12.9. The number of ether oxygens (including phenoxy) is 1. The van der Waals surface area contributed by atoms with Gasteiger partial charge in [-0.25, -0.2) is 4.79 Å². The lowest BCUT2D eigenvalue weighted by Gasteiger charge is -2.37. The van der Waals surface area contributed by atoms with E-state index in [1.807, 2.05) is 4.90 Å². The molecular weight excluding hydrogens is 344 g/mol. The van der Waals surface area contributed by atoms with E-state index in [9.17, 15) is 9.59 Å². The fourth-order valence-electron chi connectivity index (χ4n) is 4.01. The number of hydrogen-bond acceptors (Lipinski definition) is 4. The van der Waals surface area contributed by atoms with Crippen molar-refractivity contribution in [3.63, 3.8) is 0 Å². The maximum Gasteiger partial charge on any atom is 0.322 e. The van der Waals surface area contributed by atoms with Crippen LogP contribution in [0.25, 0.3) is 0 Å². The Hall–Kier alpha value is -2.28. The lowest BCUT2D eigenvalue weighted by Crippen LogP contribution is -2.50. The molecule has 1 atom stereocenters.